The van der Waals surface area contributed by atoms with Crippen LogP contribution in [0, 0.1) is 5.82 Å². The topological polar surface area (TPSA) is 26.3 Å². The van der Waals surface area contributed by atoms with Gasteiger partial charge >= 0.3 is 12.1 Å². The maximum atomic E-state index is 13.8. The fourth-order valence-electron chi connectivity index (χ4n) is 1.81. The lowest BCUT2D eigenvalue weighted by molar-refractivity contribution is -0.142. The third-order valence-electron chi connectivity index (χ3n) is 2.82. The molecule has 1 unspecified atom stereocenters. The fourth-order valence-corrected chi connectivity index (χ4v) is 1.96. The van der Waals surface area contributed by atoms with E-state index in [1.807, 2.05) is 0 Å². The quantitative estimate of drug-likeness (QED) is 0.464. The van der Waals surface area contributed by atoms with Crippen molar-refractivity contribution in [2.45, 2.75) is 24.9 Å². The Morgan fingerprint density at radius 1 is 1.40 bits per heavy atom. The summed E-state index contributed by atoms with van der Waals surface area (Å²) in [6, 6.07) is 2.09. The number of ether oxygens (including phenoxy) is 1. The van der Waals surface area contributed by atoms with Crippen LogP contribution in [0.4, 0.5) is 17.6 Å². The van der Waals surface area contributed by atoms with Crippen LogP contribution in [0.5, 0.6) is 0 Å². The van der Waals surface area contributed by atoms with Gasteiger partial charge in [-0.2, -0.15) is 13.2 Å². The monoisotopic (exact) mass is 312 g/mol. The molecule has 1 aromatic rings. The summed E-state index contributed by atoms with van der Waals surface area (Å²) in [6.45, 7) is 0. The maximum Gasteiger partial charge on any atom is 0.416 e. The minimum absolute atomic E-state index is 0.116. The van der Waals surface area contributed by atoms with Crippen LogP contribution in [0.15, 0.2) is 18.2 Å². The molecule has 0 heterocycles. The van der Waals surface area contributed by atoms with Crippen LogP contribution in [-0.2, 0) is 15.7 Å². The predicted molar refractivity (Wildman–Crippen MR) is 66.1 cm³/mol. The van der Waals surface area contributed by atoms with Crippen molar-refractivity contribution in [2.75, 3.05) is 13.0 Å². The van der Waals surface area contributed by atoms with E-state index in [2.05, 4.69) is 4.74 Å². The second-order valence-corrected chi connectivity index (χ2v) is 4.52. The fraction of sp³-hybridized carbons (Fsp3) is 0.462. The number of alkyl halides is 4. The van der Waals surface area contributed by atoms with Crippen molar-refractivity contribution in [2.24, 2.45) is 0 Å². The molecular formula is C13H13ClF4O2. The van der Waals surface area contributed by atoms with Gasteiger partial charge in [0.2, 0.25) is 0 Å². The van der Waals surface area contributed by atoms with E-state index in [-0.39, 0.29) is 17.9 Å². The highest BCUT2D eigenvalue weighted by Crippen LogP contribution is 2.33. The zero-order chi connectivity index (χ0) is 15.3. The van der Waals surface area contributed by atoms with Crippen LogP contribution >= 0.6 is 11.6 Å². The first-order valence-corrected chi connectivity index (χ1v) is 6.35. The van der Waals surface area contributed by atoms with E-state index in [1.54, 1.807) is 0 Å². The lowest BCUT2D eigenvalue weighted by Crippen LogP contribution is -2.17. The van der Waals surface area contributed by atoms with Gasteiger partial charge in [-0.25, -0.2) is 4.39 Å². The van der Waals surface area contributed by atoms with Crippen LogP contribution in [0.2, 0.25) is 0 Å². The van der Waals surface area contributed by atoms with Gasteiger partial charge in [-0.05, 0) is 25.0 Å². The molecule has 0 fully saturated rings. The molecule has 0 radical (unpaired) electrons. The molecule has 0 aromatic heterocycles. The van der Waals surface area contributed by atoms with Crippen molar-refractivity contribution in [3.8, 4) is 0 Å². The van der Waals surface area contributed by atoms with Gasteiger partial charge in [-0.1, -0.05) is 6.07 Å². The Labute approximate surface area is 118 Å². The van der Waals surface area contributed by atoms with Gasteiger partial charge in [-0.3, -0.25) is 4.79 Å². The summed E-state index contributed by atoms with van der Waals surface area (Å²) >= 11 is 5.51. The van der Waals surface area contributed by atoms with Crippen molar-refractivity contribution in [3.05, 3.63) is 35.1 Å². The Morgan fingerprint density at radius 3 is 2.50 bits per heavy atom. The van der Waals surface area contributed by atoms with Crippen LogP contribution in [0.3, 0.4) is 0 Å². The highest BCUT2D eigenvalue weighted by atomic mass is 35.5. The molecular weight excluding hydrogens is 300 g/mol. The number of hydrogen-bond donors (Lipinski definition) is 0. The van der Waals surface area contributed by atoms with Crippen molar-refractivity contribution in [1.29, 1.82) is 0 Å². The van der Waals surface area contributed by atoms with Crippen LogP contribution in [0.1, 0.15) is 29.9 Å². The average Bonchev–Trinajstić information content (AvgIpc) is 2.39. The van der Waals surface area contributed by atoms with Gasteiger partial charge < -0.3 is 4.74 Å². The van der Waals surface area contributed by atoms with Crippen molar-refractivity contribution >= 4 is 17.6 Å². The molecule has 0 saturated carbocycles. The number of carbonyl (C=O) groups is 1. The molecule has 2 nitrogen and oxygen atoms in total. The average molecular weight is 313 g/mol. The molecule has 7 heteroatoms. The summed E-state index contributed by atoms with van der Waals surface area (Å²) in [7, 11) is 1.14. The SMILES string of the molecule is COC(=O)C(CCCCl)c1ccc(C(F)(F)F)cc1F. The van der Waals surface area contributed by atoms with E-state index in [1.165, 1.54) is 0 Å². The van der Waals surface area contributed by atoms with Gasteiger partial charge in [0.25, 0.3) is 0 Å². The van der Waals surface area contributed by atoms with Gasteiger partial charge in [0, 0.05) is 11.4 Å². The van der Waals surface area contributed by atoms with E-state index >= 15 is 0 Å². The largest absolute Gasteiger partial charge is 0.469 e. The summed E-state index contributed by atoms with van der Waals surface area (Å²) in [5.74, 6) is -2.48. The maximum absolute atomic E-state index is 13.8. The molecule has 112 valence electrons. The number of carbonyl (C=O) groups excluding carboxylic acids is 1. The molecule has 0 spiro atoms. The second kappa shape index (κ2) is 6.92. The number of methoxy groups -OCH3 is 1. The predicted octanol–water partition coefficient (Wildman–Crippen LogP) is 4.12. The number of hydrogen-bond acceptors (Lipinski definition) is 2. The highest BCUT2D eigenvalue weighted by molar-refractivity contribution is 6.17. The van der Waals surface area contributed by atoms with E-state index in [0.717, 1.165) is 19.2 Å². The Hall–Kier alpha value is -1.30. The molecule has 1 rings (SSSR count). The molecule has 0 aliphatic carbocycles. The Morgan fingerprint density at radius 2 is 2.05 bits per heavy atom. The Balaban J connectivity index is 3.11. The standard InChI is InChI=1S/C13H13ClF4O2/c1-20-12(19)10(3-2-6-14)9-5-4-8(7-11(9)15)13(16,17)18/h4-5,7,10H,2-3,6H2,1H3. The lowest BCUT2D eigenvalue weighted by atomic mass is 9.93. The summed E-state index contributed by atoms with van der Waals surface area (Å²) < 4.78 is 55.7. The van der Waals surface area contributed by atoms with Gasteiger partial charge in [0.05, 0.1) is 18.6 Å². The van der Waals surface area contributed by atoms with E-state index < -0.39 is 29.4 Å². The van der Waals surface area contributed by atoms with E-state index in [0.29, 0.717) is 12.5 Å². The highest BCUT2D eigenvalue weighted by Gasteiger charge is 2.32. The molecule has 0 aliphatic rings. The zero-order valence-corrected chi connectivity index (χ0v) is 11.4. The minimum Gasteiger partial charge on any atom is -0.469 e. The molecule has 0 saturated heterocycles. The van der Waals surface area contributed by atoms with Crippen molar-refractivity contribution in [1.82, 2.24) is 0 Å². The Bertz CT molecular complexity index is 474. The van der Waals surface area contributed by atoms with Gasteiger partial charge in [0.1, 0.15) is 5.82 Å². The summed E-state index contributed by atoms with van der Waals surface area (Å²) in [4.78, 5) is 11.6. The third-order valence-corrected chi connectivity index (χ3v) is 3.08. The first-order valence-electron chi connectivity index (χ1n) is 5.81. The summed E-state index contributed by atoms with van der Waals surface area (Å²) in [6.07, 6.45) is -4.00. The van der Waals surface area contributed by atoms with Crippen molar-refractivity contribution in [3.63, 3.8) is 0 Å². The van der Waals surface area contributed by atoms with E-state index in [4.69, 9.17) is 11.6 Å². The minimum atomic E-state index is -4.63. The summed E-state index contributed by atoms with van der Waals surface area (Å²) in [5, 5.41) is 0. The number of halogens is 5. The molecule has 0 amide bonds. The molecule has 1 aromatic carbocycles. The molecule has 0 N–H and O–H groups in total. The van der Waals surface area contributed by atoms with Crippen molar-refractivity contribution < 1.29 is 27.1 Å². The van der Waals surface area contributed by atoms with E-state index in [9.17, 15) is 22.4 Å². The summed E-state index contributed by atoms with van der Waals surface area (Å²) in [5.41, 5.74) is -1.21. The normalized spacial score (nSPS) is 13.1. The number of rotatable bonds is 5. The first-order chi connectivity index (χ1) is 9.31. The second-order valence-electron chi connectivity index (χ2n) is 4.14. The molecule has 0 aliphatic heterocycles. The first kappa shape index (κ1) is 16.8. The van der Waals surface area contributed by atoms with Crippen LogP contribution in [-0.4, -0.2) is 19.0 Å². The molecule has 0 bridgehead atoms. The molecule has 1 atom stereocenters. The number of benzene rings is 1. The number of esters is 1. The van der Waals surface area contributed by atoms with Crippen LogP contribution < -0.4 is 0 Å². The Kier molecular flexibility index (Phi) is 5.80. The smallest absolute Gasteiger partial charge is 0.416 e. The van der Waals surface area contributed by atoms with Gasteiger partial charge in [-0.15, -0.1) is 11.6 Å². The molecule has 20 heavy (non-hydrogen) atoms. The van der Waals surface area contributed by atoms with Crippen LogP contribution in [0.25, 0.3) is 0 Å². The zero-order valence-electron chi connectivity index (χ0n) is 10.6. The lowest BCUT2D eigenvalue weighted by Gasteiger charge is -2.16. The third kappa shape index (κ3) is 4.10. The van der Waals surface area contributed by atoms with Gasteiger partial charge in [0.15, 0.2) is 0 Å².